The van der Waals surface area contributed by atoms with Crippen LogP contribution >= 0.6 is 0 Å². The molecule has 0 saturated heterocycles. The van der Waals surface area contributed by atoms with E-state index in [4.69, 9.17) is 16.2 Å². The highest BCUT2D eigenvalue weighted by atomic mass is 16.5. The molecule has 0 atom stereocenters. The van der Waals surface area contributed by atoms with E-state index in [1.54, 1.807) is 13.3 Å². The summed E-state index contributed by atoms with van der Waals surface area (Å²) >= 11 is 0. The fourth-order valence-electron chi connectivity index (χ4n) is 3.28. The molecule has 0 unspecified atom stereocenters. The monoisotopic (exact) mass is 374 g/mol. The van der Waals surface area contributed by atoms with Gasteiger partial charge in [-0.2, -0.15) is 0 Å². The lowest BCUT2D eigenvalue weighted by atomic mass is 10.1. The third-order valence-electron chi connectivity index (χ3n) is 4.80. The Morgan fingerprint density at radius 3 is 2.68 bits per heavy atom. The van der Waals surface area contributed by atoms with Crippen molar-refractivity contribution < 1.29 is 4.74 Å². The zero-order valence-corrected chi connectivity index (χ0v) is 16.0. The van der Waals surface area contributed by atoms with Crippen LogP contribution in [0.1, 0.15) is 5.56 Å². The van der Waals surface area contributed by atoms with Crippen LogP contribution in [0, 0.1) is 6.92 Å². The van der Waals surface area contributed by atoms with Crippen molar-refractivity contribution >= 4 is 33.9 Å². The number of aryl methyl sites for hydroxylation is 2. The van der Waals surface area contributed by atoms with Crippen LogP contribution in [0.15, 0.2) is 48.8 Å². The SMILES string of the molecule is COc1cc(C)c(N)cc1Nc1ncc(N)c(-c2cn(C)c3ccccc23)n1. The quantitative estimate of drug-likeness (QED) is 0.469. The van der Waals surface area contributed by atoms with Gasteiger partial charge in [0, 0.05) is 35.4 Å². The topological polar surface area (TPSA) is 104 Å². The number of nitrogen functional groups attached to an aromatic ring is 2. The molecule has 0 aliphatic heterocycles. The van der Waals surface area contributed by atoms with Gasteiger partial charge in [-0.05, 0) is 30.7 Å². The highest BCUT2D eigenvalue weighted by molar-refractivity contribution is 5.97. The Balaban J connectivity index is 1.79. The lowest BCUT2D eigenvalue weighted by Crippen LogP contribution is -2.04. The van der Waals surface area contributed by atoms with E-state index in [2.05, 4.69) is 32.0 Å². The van der Waals surface area contributed by atoms with E-state index in [0.29, 0.717) is 34.5 Å². The van der Waals surface area contributed by atoms with Crippen molar-refractivity contribution in [2.45, 2.75) is 6.92 Å². The van der Waals surface area contributed by atoms with Crippen molar-refractivity contribution in [3.05, 3.63) is 54.4 Å². The number of benzene rings is 2. The minimum Gasteiger partial charge on any atom is -0.495 e. The maximum atomic E-state index is 6.21. The van der Waals surface area contributed by atoms with Gasteiger partial charge in [0.05, 0.1) is 24.7 Å². The Hall–Kier alpha value is -3.74. The van der Waals surface area contributed by atoms with Gasteiger partial charge < -0.3 is 26.1 Å². The molecule has 2 aromatic heterocycles. The molecule has 0 saturated carbocycles. The van der Waals surface area contributed by atoms with Crippen molar-refractivity contribution in [3.8, 4) is 17.0 Å². The Morgan fingerprint density at radius 2 is 1.89 bits per heavy atom. The van der Waals surface area contributed by atoms with Crippen LogP contribution < -0.4 is 21.5 Å². The number of nitrogens with one attached hydrogen (secondary N) is 1. The molecule has 0 spiro atoms. The third-order valence-corrected chi connectivity index (χ3v) is 4.80. The minimum absolute atomic E-state index is 0.415. The molecule has 2 aromatic carbocycles. The standard InChI is InChI=1S/C21H22N6O/c1-12-8-19(28-3)17(9-15(12)22)25-21-24-10-16(23)20(26-21)14-11-27(2)18-7-5-4-6-13(14)18/h4-11H,22-23H2,1-3H3,(H,24,25,26). The second-order valence-corrected chi connectivity index (χ2v) is 6.70. The van der Waals surface area contributed by atoms with Crippen molar-refractivity contribution in [3.63, 3.8) is 0 Å². The molecule has 0 fully saturated rings. The molecule has 4 aromatic rings. The molecule has 0 bridgehead atoms. The second-order valence-electron chi connectivity index (χ2n) is 6.70. The van der Waals surface area contributed by atoms with E-state index in [1.165, 1.54) is 0 Å². The van der Waals surface area contributed by atoms with E-state index in [0.717, 1.165) is 22.0 Å². The lowest BCUT2D eigenvalue weighted by Gasteiger charge is -2.13. The van der Waals surface area contributed by atoms with E-state index < -0.39 is 0 Å². The number of nitrogens with zero attached hydrogens (tertiary/aromatic N) is 3. The molecule has 0 amide bonds. The first-order valence-electron chi connectivity index (χ1n) is 8.86. The van der Waals surface area contributed by atoms with E-state index in [-0.39, 0.29) is 0 Å². The number of para-hydroxylation sites is 1. The third kappa shape index (κ3) is 2.96. The van der Waals surface area contributed by atoms with Crippen LogP contribution in [0.4, 0.5) is 23.0 Å². The maximum absolute atomic E-state index is 6.21. The van der Waals surface area contributed by atoms with Crippen molar-refractivity contribution in [2.24, 2.45) is 7.05 Å². The summed E-state index contributed by atoms with van der Waals surface area (Å²) in [5.41, 5.74) is 17.8. The summed E-state index contributed by atoms with van der Waals surface area (Å²) in [7, 11) is 3.61. The average molecular weight is 374 g/mol. The number of anilines is 4. The molecule has 4 rings (SSSR count). The first-order chi connectivity index (χ1) is 13.5. The second kappa shape index (κ2) is 6.77. The molecule has 0 aliphatic carbocycles. The molecule has 2 heterocycles. The minimum atomic E-state index is 0.415. The zero-order valence-electron chi connectivity index (χ0n) is 16.0. The van der Waals surface area contributed by atoms with E-state index in [1.807, 2.05) is 44.4 Å². The molecular formula is C21H22N6O. The van der Waals surface area contributed by atoms with Crippen LogP contribution in [-0.4, -0.2) is 21.6 Å². The summed E-state index contributed by atoms with van der Waals surface area (Å²) in [6.45, 7) is 1.93. The molecule has 28 heavy (non-hydrogen) atoms. The van der Waals surface area contributed by atoms with Crippen LogP contribution in [0.3, 0.4) is 0 Å². The number of nitrogens with two attached hydrogens (primary N) is 2. The van der Waals surface area contributed by atoms with Gasteiger partial charge in [0.15, 0.2) is 0 Å². The predicted molar refractivity (Wildman–Crippen MR) is 114 cm³/mol. The molecule has 7 nitrogen and oxygen atoms in total. The number of rotatable bonds is 4. The number of fused-ring (bicyclic) bond motifs is 1. The van der Waals surface area contributed by atoms with Gasteiger partial charge in [0.1, 0.15) is 11.4 Å². The summed E-state index contributed by atoms with van der Waals surface area (Å²) in [5.74, 6) is 1.08. The molecule has 142 valence electrons. The maximum Gasteiger partial charge on any atom is 0.227 e. The van der Waals surface area contributed by atoms with Gasteiger partial charge in [-0.15, -0.1) is 0 Å². The largest absolute Gasteiger partial charge is 0.495 e. The first-order valence-corrected chi connectivity index (χ1v) is 8.86. The molecule has 5 N–H and O–H groups in total. The van der Waals surface area contributed by atoms with Gasteiger partial charge >= 0.3 is 0 Å². The zero-order chi connectivity index (χ0) is 19.8. The average Bonchev–Trinajstić information content (AvgIpc) is 3.03. The predicted octanol–water partition coefficient (Wildman–Crippen LogP) is 3.86. The summed E-state index contributed by atoms with van der Waals surface area (Å²) in [6.07, 6.45) is 3.63. The summed E-state index contributed by atoms with van der Waals surface area (Å²) < 4.78 is 7.51. The smallest absolute Gasteiger partial charge is 0.227 e. The van der Waals surface area contributed by atoms with Crippen molar-refractivity contribution in [2.75, 3.05) is 23.9 Å². The Labute approximate surface area is 163 Å². The normalized spacial score (nSPS) is 11.0. The molecule has 0 aliphatic rings. The van der Waals surface area contributed by atoms with Crippen molar-refractivity contribution in [1.29, 1.82) is 0 Å². The van der Waals surface area contributed by atoms with Gasteiger partial charge in [0.2, 0.25) is 5.95 Å². The van der Waals surface area contributed by atoms with E-state index >= 15 is 0 Å². The van der Waals surface area contributed by atoms with Gasteiger partial charge in [-0.25, -0.2) is 9.97 Å². The van der Waals surface area contributed by atoms with E-state index in [9.17, 15) is 0 Å². The van der Waals surface area contributed by atoms with Gasteiger partial charge in [0.25, 0.3) is 0 Å². The van der Waals surface area contributed by atoms with Gasteiger partial charge in [-0.3, -0.25) is 0 Å². The first kappa shape index (κ1) is 17.7. The summed E-state index contributed by atoms with van der Waals surface area (Å²) in [4.78, 5) is 9.00. The van der Waals surface area contributed by atoms with Crippen LogP contribution in [0.25, 0.3) is 22.2 Å². The Kier molecular flexibility index (Phi) is 4.27. The highest BCUT2D eigenvalue weighted by Gasteiger charge is 2.15. The Bertz CT molecular complexity index is 1180. The molecule has 7 heteroatoms. The van der Waals surface area contributed by atoms with Gasteiger partial charge in [-0.1, -0.05) is 18.2 Å². The number of hydrogen-bond donors (Lipinski definition) is 3. The lowest BCUT2D eigenvalue weighted by molar-refractivity contribution is 0.416. The van der Waals surface area contributed by atoms with Crippen LogP contribution in [0.5, 0.6) is 5.75 Å². The number of methoxy groups -OCH3 is 1. The molecule has 0 radical (unpaired) electrons. The summed E-state index contributed by atoms with van der Waals surface area (Å²) in [5, 5.41) is 4.28. The van der Waals surface area contributed by atoms with Crippen LogP contribution in [0.2, 0.25) is 0 Å². The Morgan fingerprint density at radius 1 is 1.11 bits per heavy atom. The number of aromatic nitrogens is 3. The fourth-order valence-corrected chi connectivity index (χ4v) is 3.28. The fraction of sp³-hybridized carbons (Fsp3) is 0.143. The summed E-state index contributed by atoms with van der Waals surface area (Å²) in [6, 6.07) is 11.8. The number of ether oxygens (including phenoxy) is 1. The van der Waals surface area contributed by atoms with Crippen molar-refractivity contribution in [1.82, 2.24) is 14.5 Å². The van der Waals surface area contributed by atoms with Crippen LogP contribution in [-0.2, 0) is 7.05 Å². The highest BCUT2D eigenvalue weighted by Crippen LogP contribution is 2.34. The number of hydrogen-bond acceptors (Lipinski definition) is 6. The molecular weight excluding hydrogens is 352 g/mol.